The van der Waals surface area contributed by atoms with Crippen LogP contribution in [0, 0.1) is 0 Å². The minimum atomic E-state index is -0.352. The Morgan fingerprint density at radius 2 is 1.86 bits per heavy atom. The minimum Gasteiger partial charge on any atom is -0.369 e. The van der Waals surface area contributed by atoms with Gasteiger partial charge in [0.2, 0.25) is 5.65 Å². The van der Waals surface area contributed by atoms with E-state index in [2.05, 4.69) is 71.8 Å². The second kappa shape index (κ2) is 11.2. The number of fused-ring (bicyclic) bond motifs is 1. The van der Waals surface area contributed by atoms with Crippen LogP contribution in [-0.2, 0) is 5.41 Å². The molecule has 4 aromatic rings. The lowest BCUT2D eigenvalue weighted by molar-refractivity contribution is 0.0945. The summed E-state index contributed by atoms with van der Waals surface area (Å²) < 4.78 is 1.85. The molecule has 3 aliphatic rings. The number of nitrogens with one attached hydrogen (secondary N) is 2. The number of hydrogen-bond donors (Lipinski definition) is 2. The summed E-state index contributed by atoms with van der Waals surface area (Å²) in [6, 6.07) is 12.3. The van der Waals surface area contributed by atoms with Crippen molar-refractivity contribution < 1.29 is 9.59 Å². The van der Waals surface area contributed by atoms with Crippen LogP contribution in [0.2, 0.25) is 5.02 Å². The van der Waals surface area contributed by atoms with Gasteiger partial charge in [0, 0.05) is 63.6 Å². The van der Waals surface area contributed by atoms with E-state index in [1.165, 1.54) is 5.56 Å². The Labute approximate surface area is 260 Å². The van der Waals surface area contributed by atoms with E-state index in [1.54, 1.807) is 23.6 Å². The first-order valence-corrected chi connectivity index (χ1v) is 15.4. The fraction of sp³-hybridized carbons (Fsp3) is 0.419. The molecule has 3 aliphatic heterocycles. The molecule has 228 valence electrons. The molecule has 12 nitrogen and oxygen atoms in total. The maximum atomic E-state index is 13.0. The molecule has 3 aromatic heterocycles. The summed E-state index contributed by atoms with van der Waals surface area (Å²) in [5.41, 5.74) is 2.88. The lowest BCUT2D eigenvalue weighted by atomic mass is 9.82. The highest BCUT2D eigenvalue weighted by Crippen LogP contribution is 2.37. The number of carbonyl (C=O) groups is 2. The number of nitrogens with zero attached hydrogens (tertiary/aromatic N) is 8. The van der Waals surface area contributed by atoms with Crippen LogP contribution in [-0.4, -0.2) is 92.8 Å². The van der Waals surface area contributed by atoms with Gasteiger partial charge >= 0.3 is 6.03 Å². The third-order valence-electron chi connectivity index (χ3n) is 9.39. The highest BCUT2D eigenvalue weighted by atomic mass is 35.5. The van der Waals surface area contributed by atoms with E-state index >= 15 is 0 Å². The van der Waals surface area contributed by atoms with E-state index in [-0.39, 0.29) is 28.6 Å². The first kappa shape index (κ1) is 28.3. The van der Waals surface area contributed by atoms with Crippen LogP contribution in [0.5, 0.6) is 0 Å². The Morgan fingerprint density at radius 3 is 2.66 bits per heavy atom. The van der Waals surface area contributed by atoms with Crippen molar-refractivity contribution in [3.63, 3.8) is 0 Å². The maximum absolute atomic E-state index is 13.0. The highest BCUT2D eigenvalue weighted by molar-refractivity contribution is 6.33. The second-order valence-electron chi connectivity index (χ2n) is 12.3. The first-order valence-electron chi connectivity index (χ1n) is 15.0. The zero-order valence-corrected chi connectivity index (χ0v) is 25.4. The number of aromatic nitrogens is 5. The van der Waals surface area contributed by atoms with Gasteiger partial charge in [0.15, 0.2) is 5.82 Å². The average Bonchev–Trinajstić information content (AvgIpc) is 3.76. The standard InChI is InChI=1S/C31H35ClN10O2/c1-30(22-5-3-2-4-6-22)7-12-40(19-30)23-17-24(32)25(35-18-23)28(43)34-11-15-41-20-31(37-29(41)44)8-13-39(14-9-31)26-27-38-36-21-42(27)16-10-33-26/h2-6,10,16-18,21H,7-9,11-15,19-20H2,1H3,(H,34,43)(H,37,44)/t30-/m0/s1. The summed E-state index contributed by atoms with van der Waals surface area (Å²) in [5, 5.41) is 14.6. The van der Waals surface area contributed by atoms with Gasteiger partial charge in [-0.15, -0.1) is 10.2 Å². The van der Waals surface area contributed by atoms with Gasteiger partial charge in [-0.05, 0) is 30.9 Å². The molecule has 13 heteroatoms. The fourth-order valence-corrected chi connectivity index (χ4v) is 7.02. The molecule has 7 rings (SSSR count). The topological polar surface area (TPSA) is 124 Å². The van der Waals surface area contributed by atoms with Crippen LogP contribution in [0.15, 0.2) is 61.3 Å². The molecule has 1 atom stereocenters. The van der Waals surface area contributed by atoms with E-state index in [4.69, 9.17) is 11.6 Å². The Morgan fingerprint density at radius 1 is 1.07 bits per heavy atom. The van der Waals surface area contributed by atoms with E-state index in [0.29, 0.717) is 24.7 Å². The quantitative estimate of drug-likeness (QED) is 0.325. The van der Waals surface area contributed by atoms with Crippen LogP contribution in [0.3, 0.4) is 0 Å². The van der Waals surface area contributed by atoms with E-state index in [9.17, 15) is 9.59 Å². The van der Waals surface area contributed by atoms with Crippen LogP contribution in [0.25, 0.3) is 5.65 Å². The lowest BCUT2D eigenvalue weighted by Crippen LogP contribution is -2.52. The first-order chi connectivity index (χ1) is 21.3. The summed E-state index contributed by atoms with van der Waals surface area (Å²) in [7, 11) is 0. The van der Waals surface area contributed by atoms with Gasteiger partial charge in [0.05, 0.1) is 22.4 Å². The average molecular weight is 615 g/mol. The smallest absolute Gasteiger partial charge is 0.318 e. The van der Waals surface area contributed by atoms with Crippen molar-refractivity contribution in [2.75, 3.05) is 55.6 Å². The molecule has 0 saturated carbocycles. The van der Waals surface area contributed by atoms with Crippen molar-refractivity contribution in [1.29, 1.82) is 0 Å². The second-order valence-corrected chi connectivity index (χ2v) is 12.7. The number of amides is 3. The van der Waals surface area contributed by atoms with Gasteiger partial charge in [-0.3, -0.25) is 9.20 Å². The molecule has 0 radical (unpaired) electrons. The monoisotopic (exact) mass is 614 g/mol. The largest absolute Gasteiger partial charge is 0.369 e. The number of urea groups is 1. The Bertz CT molecular complexity index is 1690. The number of piperidine rings is 1. The van der Waals surface area contributed by atoms with Gasteiger partial charge in [-0.1, -0.05) is 48.9 Å². The van der Waals surface area contributed by atoms with Gasteiger partial charge in [0.1, 0.15) is 12.0 Å². The molecule has 44 heavy (non-hydrogen) atoms. The molecular formula is C31H35ClN10O2. The molecule has 0 unspecified atom stereocenters. The van der Waals surface area contributed by atoms with Gasteiger partial charge < -0.3 is 25.3 Å². The number of benzene rings is 1. The zero-order valence-electron chi connectivity index (χ0n) is 24.6. The summed E-state index contributed by atoms with van der Waals surface area (Å²) >= 11 is 6.56. The molecule has 3 fully saturated rings. The Hall–Kier alpha value is -4.45. The van der Waals surface area contributed by atoms with Crippen LogP contribution in [0.1, 0.15) is 42.2 Å². The molecule has 0 aliphatic carbocycles. The van der Waals surface area contributed by atoms with Gasteiger partial charge in [-0.2, -0.15) is 0 Å². The summed E-state index contributed by atoms with van der Waals surface area (Å²) in [6.07, 6.45) is 9.55. The summed E-state index contributed by atoms with van der Waals surface area (Å²) in [5.74, 6) is 0.449. The Balaban J connectivity index is 0.910. The third kappa shape index (κ3) is 5.27. The molecule has 1 aromatic carbocycles. The Kier molecular flexibility index (Phi) is 7.23. The van der Waals surface area contributed by atoms with Crippen molar-refractivity contribution in [2.24, 2.45) is 0 Å². The van der Waals surface area contributed by atoms with E-state index < -0.39 is 0 Å². The van der Waals surface area contributed by atoms with Gasteiger partial charge in [0.25, 0.3) is 5.91 Å². The summed E-state index contributed by atoms with van der Waals surface area (Å²) in [4.78, 5) is 41.0. The van der Waals surface area contributed by atoms with Crippen LogP contribution in [0.4, 0.5) is 16.3 Å². The van der Waals surface area contributed by atoms with E-state index in [1.807, 2.05) is 22.7 Å². The number of rotatable bonds is 7. The summed E-state index contributed by atoms with van der Waals surface area (Å²) in [6.45, 7) is 6.79. The number of pyridine rings is 1. The predicted molar refractivity (Wildman–Crippen MR) is 167 cm³/mol. The molecule has 1 spiro atoms. The van der Waals surface area contributed by atoms with Crippen molar-refractivity contribution in [3.05, 3.63) is 77.6 Å². The molecule has 6 heterocycles. The zero-order chi connectivity index (χ0) is 30.3. The van der Waals surface area contributed by atoms with Crippen molar-refractivity contribution >= 4 is 40.7 Å². The molecular weight excluding hydrogens is 580 g/mol. The number of hydrogen-bond acceptors (Lipinski definition) is 8. The highest BCUT2D eigenvalue weighted by Gasteiger charge is 2.44. The van der Waals surface area contributed by atoms with Crippen LogP contribution < -0.4 is 20.4 Å². The lowest BCUT2D eigenvalue weighted by Gasteiger charge is -2.39. The SMILES string of the molecule is C[C@]1(c2ccccc2)CCN(c2cnc(C(=O)NCCN3CC4(CCN(c5nccn6cnnc56)CC4)NC3=O)c(Cl)c2)C1. The van der Waals surface area contributed by atoms with Crippen LogP contribution >= 0.6 is 11.6 Å². The molecule has 3 amide bonds. The predicted octanol–water partition coefficient (Wildman–Crippen LogP) is 3.13. The maximum Gasteiger partial charge on any atom is 0.318 e. The fourth-order valence-electron chi connectivity index (χ4n) is 6.77. The molecule has 0 bridgehead atoms. The molecule has 3 saturated heterocycles. The minimum absolute atomic E-state index is 0.0468. The van der Waals surface area contributed by atoms with Crippen molar-refractivity contribution in [2.45, 2.75) is 37.1 Å². The normalized spacial score (nSPS) is 21.3. The molecule has 2 N–H and O–H groups in total. The number of carbonyl (C=O) groups excluding carboxylic acids is 2. The third-order valence-corrected chi connectivity index (χ3v) is 9.68. The van der Waals surface area contributed by atoms with Crippen molar-refractivity contribution in [1.82, 2.24) is 40.1 Å². The van der Waals surface area contributed by atoms with Gasteiger partial charge in [-0.25, -0.2) is 14.8 Å². The van der Waals surface area contributed by atoms with E-state index in [0.717, 1.165) is 62.6 Å². The van der Waals surface area contributed by atoms with Crippen molar-refractivity contribution in [3.8, 4) is 0 Å². The number of anilines is 2. The number of halogens is 1.